The average molecular weight is 263 g/mol. The fourth-order valence-electron chi connectivity index (χ4n) is 3.40. The molecule has 4 bridgehead atoms. The smallest absolute Gasteiger partial charge is 0.331 e. The summed E-state index contributed by atoms with van der Waals surface area (Å²) in [5.41, 5.74) is -1.83. The van der Waals surface area contributed by atoms with Crippen LogP contribution in [-0.4, -0.2) is 24.1 Å². The zero-order chi connectivity index (χ0) is 14.0. The number of ether oxygens (including phenoxy) is 2. The third-order valence-electron chi connectivity index (χ3n) is 5.20. The maximum Gasteiger partial charge on any atom is 0.331 e. The SMILES string of the molecule is CCC(C)(C)C(=O)OC1C2CC3C2OC(=O)C31C#N. The van der Waals surface area contributed by atoms with Crippen LogP contribution in [0.1, 0.15) is 33.6 Å². The van der Waals surface area contributed by atoms with Gasteiger partial charge in [-0.05, 0) is 26.7 Å². The van der Waals surface area contributed by atoms with Gasteiger partial charge in [-0.2, -0.15) is 5.26 Å². The number of rotatable bonds is 3. The van der Waals surface area contributed by atoms with Gasteiger partial charge < -0.3 is 9.47 Å². The zero-order valence-electron chi connectivity index (χ0n) is 11.3. The Bertz CT molecular complexity index is 506. The van der Waals surface area contributed by atoms with Gasteiger partial charge in [-0.1, -0.05) is 6.92 Å². The summed E-state index contributed by atoms with van der Waals surface area (Å²) in [6, 6.07) is 2.08. The first kappa shape index (κ1) is 12.5. The van der Waals surface area contributed by atoms with Gasteiger partial charge in [0.1, 0.15) is 12.2 Å². The molecule has 0 amide bonds. The highest BCUT2D eigenvalue weighted by atomic mass is 16.6. The summed E-state index contributed by atoms with van der Waals surface area (Å²) in [6.07, 6.45) is 0.566. The second-order valence-electron chi connectivity index (χ2n) is 6.42. The van der Waals surface area contributed by atoms with Crippen molar-refractivity contribution in [3.8, 4) is 6.07 Å². The van der Waals surface area contributed by atoms with E-state index in [9.17, 15) is 14.9 Å². The molecule has 0 N–H and O–H groups in total. The van der Waals surface area contributed by atoms with Crippen molar-refractivity contribution in [2.24, 2.45) is 22.7 Å². The van der Waals surface area contributed by atoms with Gasteiger partial charge in [-0.25, -0.2) is 0 Å². The topological polar surface area (TPSA) is 76.4 Å². The third-order valence-corrected chi connectivity index (χ3v) is 5.20. The van der Waals surface area contributed by atoms with Crippen molar-refractivity contribution in [3.05, 3.63) is 0 Å². The van der Waals surface area contributed by atoms with E-state index in [1.807, 2.05) is 20.8 Å². The Balaban J connectivity index is 1.86. The standard InChI is InChI=1S/C14H17NO4/c1-4-13(2,3)11(16)19-10-7-5-8-9(7)18-12(17)14(8,10)6-15/h7-10H,4-5H2,1-3H3. The van der Waals surface area contributed by atoms with Crippen LogP contribution < -0.4 is 0 Å². The normalized spacial score (nSPS) is 42.3. The summed E-state index contributed by atoms with van der Waals surface area (Å²) in [6.45, 7) is 5.53. The predicted octanol–water partition coefficient (Wildman–Crippen LogP) is 1.42. The van der Waals surface area contributed by atoms with Crippen LogP contribution in [0.5, 0.6) is 0 Å². The van der Waals surface area contributed by atoms with Crippen LogP contribution in [0.25, 0.3) is 0 Å². The molecule has 1 aliphatic heterocycles. The lowest BCUT2D eigenvalue weighted by Crippen LogP contribution is -2.46. The van der Waals surface area contributed by atoms with E-state index < -0.39 is 22.9 Å². The highest BCUT2D eigenvalue weighted by molar-refractivity contribution is 5.87. The lowest BCUT2D eigenvalue weighted by atomic mass is 9.76. The summed E-state index contributed by atoms with van der Waals surface area (Å²) in [4.78, 5) is 24.1. The van der Waals surface area contributed by atoms with Gasteiger partial charge in [-0.3, -0.25) is 9.59 Å². The molecule has 1 heterocycles. The van der Waals surface area contributed by atoms with Crippen LogP contribution in [0.4, 0.5) is 0 Å². The number of hydrogen-bond donors (Lipinski definition) is 0. The van der Waals surface area contributed by atoms with Crippen molar-refractivity contribution < 1.29 is 19.1 Å². The first-order valence-electron chi connectivity index (χ1n) is 6.72. The molecule has 4 fully saturated rings. The lowest BCUT2D eigenvalue weighted by molar-refractivity contribution is -0.181. The minimum Gasteiger partial charge on any atom is -0.460 e. The van der Waals surface area contributed by atoms with Crippen molar-refractivity contribution in [1.82, 2.24) is 0 Å². The van der Waals surface area contributed by atoms with E-state index in [-0.39, 0.29) is 23.9 Å². The molecule has 0 aromatic carbocycles. The van der Waals surface area contributed by atoms with Gasteiger partial charge in [-0.15, -0.1) is 0 Å². The van der Waals surface area contributed by atoms with E-state index in [1.165, 1.54) is 0 Å². The molecule has 0 spiro atoms. The summed E-state index contributed by atoms with van der Waals surface area (Å²) in [5, 5.41) is 9.41. The van der Waals surface area contributed by atoms with Crippen molar-refractivity contribution in [2.75, 3.05) is 0 Å². The number of esters is 2. The number of nitrogens with zero attached hydrogens (tertiary/aromatic N) is 1. The molecule has 5 heteroatoms. The van der Waals surface area contributed by atoms with Crippen LogP contribution in [0.2, 0.25) is 0 Å². The maximum absolute atomic E-state index is 12.2. The molecule has 1 saturated heterocycles. The second kappa shape index (κ2) is 3.50. The zero-order valence-corrected chi connectivity index (χ0v) is 11.3. The van der Waals surface area contributed by atoms with E-state index in [1.54, 1.807) is 0 Å². The van der Waals surface area contributed by atoms with E-state index in [0.717, 1.165) is 6.42 Å². The highest BCUT2D eigenvalue weighted by Gasteiger charge is 2.80. The molecular weight excluding hydrogens is 246 g/mol. The third kappa shape index (κ3) is 1.24. The molecule has 5 nitrogen and oxygen atoms in total. The van der Waals surface area contributed by atoms with E-state index in [4.69, 9.17) is 9.47 Å². The van der Waals surface area contributed by atoms with E-state index in [0.29, 0.717) is 6.42 Å². The van der Waals surface area contributed by atoms with Gasteiger partial charge >= 0.3 is 11.9 Å². The van der Waals surface area contributed by atoms with Crippen molar-refractivity contribution in [3.63, 3.8) is 0 Å². The van der Waals surface area contributed by atoms with E-state index in [2.05, 4.69) is 6.07 Å². The fourth-order valence-corrected chi connectivity index (χ4v) is 3.40. The summed E-state index contributed by atoms with van der Waals surface area (Å²) >= 11 is 0. The maximum atomic E-state index is 12.2. The van der Waals surface area contributed by atoms with Crippen LogP contribution in [-0.2, 0) is 19.1 Å². The van der Waals surface area contributed by atoms with Crippen LogP contribution >= 0.6 is 0 Å². The van der Waals surface area contributed by atoms with Gasteiger partial charge in [0.2, 0.25) is 0 Å². The fraction of sp³-hybridized carbons (Fsp3) is 0.786. The highest BCUT2D eigenvalue weighted by Crippen LogP contribution is 2.67. The Kier molecular flexibility index (Phi) is 2.30. The summed E-state index contributed by atoms with van der Waals surface area (Å²) < 4.78 is 10.7. The van der Waals surface area contributed by atoms with Crippen molar-refractivity contribution >= 4 is 11.9 Å². The molecule has 4 rings (SSSR count). The monoisotopic (exact) mass is 263 g/mol. The Morgan fingerprint density at radius 2 is 2.32 bits per heavy atom. The van der Waals surface area contributed by atoms with E-state index >= 15 is 0 Å². The quantitative estimate of drug-likeness (QED) is 0.720. The van der Waals surface area contributed by atoms with Gasteiger partial charge in [0.15, 0.2) is 5.41 Å². The molecule has 102 valence electrons. The second-order valence-corrected chi connectivity index (χ2v) is 6.42. The molecule has 5 unspecified atom stereocenters. The van der Waals surface area contributed by atoms with Crippen LogP contribution in [0, 0.1) is 34.0 Å². The van der Waals surface area contributed by atoms with Crippen molar-refractivity contribution in [1.29, 1.82) is 5.26 Å². The number of carbonyl (C=O) groups excluding carboxylic acids is 2. The number of nitriles is 1. The van der Waals surface area contributed by atoms with Crippen molar-refractivity contribution in [2.45, 2.75) is 45.8 Å². The lowest BCUT2D eigenvalue weighted by Gasteiger charge is -2.34. The molecule has 3 saturated carbocycles. The molecule has 0 radical (unpaired) electrons. The van der Waals surface area contributed by atoms with Gasteiger partial charge in [0, 0.05) is 11.8 Å². The molecular formula is C14H17NO4. The first-order valence-corrected chi connectivity index (χ1v) is 6.72. The minimum atomic E-state index is -1.24. The molecule has 5 atom stereocenters. The Morgan fingerprint density at radius 1 is 1.63 bits per heavy atom. The van der Waals surface area contributed by atoms with Gasteiger partial charge in [0.25, 0.3) is 0 Å². The molecule has 3 aliphatic carbocycles. The van der Waals surface area contributed by atoms with Crippen LogP contribution in [0.15, 0.2) is 0 Å². The number of hydrogen-bond acceptors (Lipinski definition) is 5. The molecule has 19 heavy (non-hydrogen) atoms. The first-order chi connectivity index (χ1) is 8.88. The number of carbonyl (C=O) groups is 2. The summed E-state index contributed by atoms with van der Waals surface area (Å²) in [5.74, 6) is -0.914. The largest absolute Gasteiger partial charge is 0.460 e. The minimum absolute atomic E-state index is 0.0129. The Hall–Kier alpha value is -1.57. The Labute approximate surface area is 111 Å². The molecule has 4 aliphatic rings. The van der Waals surface area contributed by atoms with Crippen LogP contribution in [0.3, 0.4) is 0 Å². The van der Waals surface area contributed by atoms with Gasteiger partial charge in [0.05, 0.1) is 11.5 Å². The molecule has 0 aromatic heterocycles. The summed E-state index contributed by atoms with van der Waals surface area (Å²) in [7, 11) is 0. The Morgan fingerprint density at radius 3 is 2.89 bits per heavy atom. The predicted molar refractivity (Wildman–Crippen MR) is 63.5 cm³/mol. The molecule has 0 aromatic rings. The average Bonchev–Trinajstić information content (AvgIpc) is 2.89.